The average molecular weight is 297 g/mol. The highest BCUT2D eigenvalue weighted by molar-refractivity contribution is 7.16. The lowest BCUT2D eigenvalue weighted by Gasteiger charge is -2.11. The van der Waals surface area contributed by atoms with Gasteiger partial charge in [0.1, 0.15) is 0 Å². The standard InChI is InChI=1S/C14H17ClN2OS/c1-2-10-18-12-4-3-8-16-14(12)17-9-7-11-5-6-13(15)19-11/h3-6,8H,2,7,9-10H2,1H3,(H,16,17). The molecular weight excluding hydrogens is 280 g/mol. The van der Waals surface area contributed by atoms with E-state index in [1.165, 1.54) is 4.88 Å². The van der Waals surface area contributed by atoms with E-state index < -0.39 is 0 Å². The van der Waals surface area contributed by atoms with E-state index in [1.54, 1.807) is 17.5 Å². The van der Waals surface area contributed by atoms with E-state index in [4.69, 9.17) is 16.3 Å². The molecule has 0 radical (unpaired) electrons. The molecular formula is C14H17ClN2OS. The van der Waals surface area contributed by atoms with Gasteiger partial charge in [0, 0.05) is 17.6 Å². The second-order valence-electron chi connectivity index (χ2n) is 4.08. The molecule has 0 saturated carbocycles. The number of thiophene rings is 1. The summed E-state index contributed by atoms with van der Waals surface area (Å²) in [6, 6.07) is 7.81. The SMILES string of the molecule is CCCOc1cccnc1NCCc1ccc(Cl)s1. The lowest BCUT2D eigenvalue weighted by atomic mass is 10.3. The van der Waals surface area contributed by atoms with Crippen molar-refractivity contribution in [1.82, 2.24) is 4.98 Å². The number of anilines is 1. The fourth-order valence-electron chi connectivity index (χ4n) is 1.64. The van der Waals surface area contributed by atoms with E-state index in [0.717, 1.165) is 35.3 Å². The highest BCUT2D eigenvalue weighted by atomic mass is 35.5. The minimum atomic E-state index is 0.709. The summed E-state index contributed by atoms with van der Waals surface area (Å²) in [5.74, 6) is 1.62. The number of rotatable bonds is 7. The Bertz CT molecular complexity index is 516. The summed E-state index contributed by atoms with van der Waals surface area (Å²) in [7, 11) is 0. The molecule has 0 fully saturated rings. The molecule has 0 saturated heterocycles. The molecule has 0 aliphatic carbocycles. The Balaban J connectivity index is 1.88. The molecule has 0 bridgehead atoms. The van der Waals surface area contributed by atoms with E-state index in [0.29, 0.717) is 6.61 Å². The van der Waals surface area contributed by atoms with Crippen molar-refractivity contribution in [3.63, 3.8) is 0 Å². The highest BCUT2D eigenvalue weighted by Gasteiger charge is 2.04. The Morgan fingerprint density at radius 3 is 3.00 bits per heavy atom. The molecule has 5 heteroatoms. The Labute approximate surface area is 122 Å². The summed E-state index contributed by atoms with van der Waals surface area (Å²) in [6.07, 6.45) is 3.69. The van der Waals surface area contributed by atoms with Gasteiger partial charge in [-0.15, -0.1) is 11.3 Å². The molecule has 3 nitrogen and oxygen atoms in total. The van der Waals surface area contributed by atoms with Crippen molar-refractivity contribution < 1.29 is 4.74 Å². The summed E-state index contributed by atoms with van der Waals surface area (Å²) in [5.41, 5.74) is 0. The van der Waals surface area contributed by atoms with Crippen LogP contribution in [0.25, 0.3) is 0 Å². The van der Waals surface area contributed by atoms with Crippen LogP contribution in [-0.2, 0) is 6.42 Å². The molecule has 2 heterocycles. The largest absolute Gasteiger partial charge is 0.490 e. The molecule has 0 aliphatic rings. The van der Waals surface area contributed by atoms with Gasteiger partial charge in [0.05, 0.1) is 10.9 Å². The maximum atomic E-state index is 5.90. The first-order valence-electron chi connectivity index (χ1n) is 6.35. The molecule has 0 atom stereocenters. The van der Waals surface area contributed by atoms with E-state index >= 15 is 0 Å². The van der Waals surface area contributed by atoms with Gasteiger partial charge < -0.3 is 10.1 Å². The maximum Gasteiger partial charge on any atom is 0.168 e. The van der Waals surface area contributed by atoms with Crippen molar-refractivity contribution in [3.05, 3.63) is 39.7 Å². The Morgan fingerprint density at radius 1 is 1.37 bits per heavy atom. The summed E-state index contributed by atoms with van der Waals surface area (Å²) < 4.78 is 6.48. The van der Waals surface area contributed by atoms with E-state index in [-0.39, 0.29) is 0 Å². The third-order valence-electron chi connectivity index (χ3n) is 2.53. The Hall–Kier alpha value is -1.26. The predicted molar refractivity (Wildman–Crippen MR) is 81.5 cm³/mol. The molecule has 2 aromatic rings. The Morgan fingerprint density at radius 2 is 2.26 bits per heavy atom. The van der Waals surface area contributed by atoms with Crippen LogP contribution in [0, 0.1) is 0 Å². The normalized spacial score (nSPS) is 10.4. The molecule has 0 aromatic carbocycles. The van der Waals surface area contributed by atoms with E-state index in [2.05, 4.69) is 23.3 Å². The Kier molecular flexibility index (Phi) is 5.48. The number of aromatic nitrogens is 1. The van der Waals surface area contributed by atoms with Gasteiger partial charge >= 0.3 is 0 Å². The number of hydrogen-bond acceptors (Lipinski definition) is 4. The fourth-order valence-corrected chi connectivity index (χ4v) is 2.73. The molecule has 1 N–H and O–H groups in total. The van der Waals surface area contributed by atoms with Crippen LogP contribution in [0.1, 0.15) is 18.2 Å². The predicted octanol–water partition coefficient (Wildman–Crippen LogP) is 4.24. The van der Waals surface area contributed by atoms with Crippen LogP contribution in [0.2, 0.25) is 4.34 Å². The first-order chi connectivity index (χ1) is 9.29. The third kappa shape index (κ3) is 4.40. The smallest absolute Gasteiger partial charge is 0.168 e. The first-order valence-corrected chi connectivity index (χ1v) is 7.55. The van der Waals surface area contributed by atoms with Crippen molar-refractivity contribution >= 4 is 28.8 Å². The summed E-state index contributed by atoms with van der Waals surface area (Å²) in [5, 5.41) is 3.31. The lowest BCUT2D eigenvalue weighted by molar-refractivity contribution is 0.318. The highest BCUT2D eigenvalue weighted by Crippen LogP contribution is 2.23. The molecule has 0 unspecified atom stereocenters. The molecule has 0 aliphatic heterocycles. The molecule has 0 amide bonds. The van der Waals surface area contributed by atoms with Crippen molar-refractivity contribution in [1.29, 1.82) is 0 Å². The van der Waals surface area contributed by atoms with Crippen molar-refractivity contribution in [2.75, 3.05) is 18.5 Å². The van der Waals surface area contributed by atoms with E-state index in [1.807, 2.05) is 18.2 Å². The topological polar surface area (TPSA) is 34.1 Å². The zero-order valence-corrected chi connectivity index (χ0v) is 12.4. The van der Waals surface area contributed by atoms with Gasteiger partial charge in [-0.2, -0.15) is 0 Å². The summed E-state index contributed by atoms with van der Waals surface area (Å²) in [6.45, 7) is 3.61. The number of ether oxygens (including phenoxy) is 1. The van der Waals surface area contributed by atoms with Gasteiger partial charge in [-0.05, 0) is 37.1 Å². The second kappa shape index (κ2) is 7.36. The minimum Gasteiger partial charge on any atom is -0.490 e. The van der Waals surface area contributed by atoms with Crippen LogP contribution in [0.3, 0.4) is 0 Å². The van der Waals surface area contributed by atoms with Crippen LogP contribution in [0.4, 0.5) is 5.82 Å². The van der Waals surface area contributed by atoms with Gasteiger partial charge in [0.15, 0.2) is 11.6 Å². The fraction of sp³-hybridized carbons (Fsp3) is 0.357. The van der Waals surface area contributed by atoms with Gasteiger partial charge in [-0.3, -0.25) is 0 Å². The zero-order chi connectivity index (χ0) is 13.5. The second-order valence-corrected chi connectivity index (χ2v) is 5.88. The average Bonchev–Trinajstić information content (AvgIpc) is 2.83. The zero-order valence-electron chi connectivity index (χ0n) is 10.9. The van der Waals surface area contributed by atoms with Crippen LogP contribution >= 0.6 is 22.9 Å². The van der Waals surface area contributed by atoms with Gasteiger partial charge in [0.2, 0.25) is 0 Å². The molecule has 2 aromatic heterocycles. The number of halogens is 1. The monoisotopic (exact) mass is 296 g/mol. The lowest BCUT2D eigenvalue weighted by Crippen LogP contribution is -2.08. The van der Waals surface area contributed by atoms with Gasteiger partial charge in [-0.25, -0.2) is 4.98 Å². The van der Waals surface area contributed by atoms with Crippen LogP contribution in [0.5, 0.6) is 5.75 Å². The minimum absolute atomic E-state index is 0.709. The van der Waals surface area contributed by atoms with Gasteiger partial charge in [0.25, 0.3) is 0 Å². The van der Waals surface area contributed by atoms with Crippen molar-refractivity contribution in [3.8, 4) is 5.75 Å². The molecule has 2 rings (SSSR count). The van der Waals surface area contributed by atoms with Gasteiger partial charge in [-0.1, -0.05) is 18.5 Å². The van der Waals surface area contributed by atoms with Crippen LogP contribution in [-0.4, -0.2) is 18.1 Å². The number of nitrogens with zero attached hydrogens (tertiary/aromatic N) is 1. The number of pyridine rings is 1. The maximum absolute atomic E-state index is 5.90. The molecule has 102 valence electrons. The van der Waals surface area contributed by atoms with Crippen molar-refractivity contribution in [2.24, 2.45) is 0 Å². The quantitative estimate of drug-likeness (QED) is 0.830. The first kappa shape index (κ1) is 14.2. The van der Waals surface area contributed by atoms with Crippen molar-refractivity contribution in [2.45, 2.75) is 19.8 Å². The summed E-state index contributed by atoms with van der Waals surface area (Å²) in [4.78, 5) is 5.58. The summed E-state index contributed by atoms with van der Waals surface area (Å²) >= 11 is 7.52. The molecule has 19 heavy (non-hydrogen) atoms. The van der Waals surface area contributed by atoms with E-state index in [9.17, 15) is 0 Å². The van der Waals surface area contributed by atoms with Crippen LogP contribution in [0.15, 0.2) is 30.5 Å². The number of nitrogens with one attached hydrogen (secondary N) is 1. The molecule has 0 spiro atoms. The third-order valence-corrected chi connectivity index (χ3v) is 3.82. The number of hydrogen-bond donors (Lipinski definition) is 1. The van der Waals surface area contributed by atoms with Crippen LogP contribution < -0.4 is 10.1 Å².